The highest BCUT2D eigenvalue weighted by Crippen LogP contribution is 2.01. The predicted octanol–water partition coefficient (Wildman–Crippen LogP) is -0.559. The number of unbranched alkanes of at least 4 members (excludes halogenated alkanes) is 2. The van der Waals surface area contributed by atoms with Gasteiger partial charge in [0.15, 0.2) is 0 Å². The molecule has 0 aromatic carbocycles. The average molecular weight is 267 g/mol. The number of carbonyl (C=O) groups excluding carboxylic acids is 2. The zero-order valence-corrected chi connectivity index (χ0v) is 10.9. The van der Waals surface area contributed by atoms with Crippen LogP contribution in [0.25, 0.3) is 0 Å². The third kappa shape index (κ3) is 6.01. The minimum Gasteiger partial charge on any atom is -0.368 e. The van der Waals surface area contributed by atoms with Gasteiger partial charge in [-0.05, 0) is 19.4 Å². The Hall–Kier alpha value is -1.89. The summed E-state index contributed by atoms with van der Waals surface area (Å²) < 4.78 is 0. The monoisotopic (exact) mass is 267 g/mol. The molecule has 1 rings (SSSR count). The molecule has 0 bridgehead atoms. The van der Waals surface area contributed by atoms with Gasteiger partial charge in [0, 0.05) is 24.7 Å². The number of imidazole rings is 1. The molecule has 0 radical (unpaired) electrons. The predicted molar refractivity (Wildman–Crippen MR) is 70.9 cm³/mol. The molecule has 6 N–H and O–H groups in total. The first-order valence-corrected chi connectivity index (χ1v) is 6.39. The molecule has 0 saturated heterocycles. The van der Waals surface area contributed by atoms with E-state index in [0.717, 1.165) is 25.0 Å². The highest BCUT2D eigenvalue weighted by atomic mass is 16.2. The van der Waals surface area contributed by atoms with E-state index in [1.54, 1.807) is 6.20 Å². The lowest BCUT2D eigenvalue weighted by molar-refractivity contribution is -0.127. The zero-order valence-electron chi connectivity index (χ0n) is 10.9. The van der Waals surface area contributed by atoms with Crippen molar-refractivity contribution in [1.82, 2.24) is 15.3 Å². The Morgan fingerprint density at radius 2 is 2.16 bits per heavy atom. The van der Waals surface area contributed by atoms with Gasteiger partial charge in [0.2, 0.25) is 11.8 Å². The van der Waals surface area contributed by atoms with Crippen molar-refractivity contribution >= 4 is 11.8 Å². The fraction of sp³-hybridized carbons (Fsp3) is 0.583. The first kappa shape index (κ1) is 15.2. The number of rotatable bonds is 9. The Morgan fingerprint density at radius 1 is 1.37 bits per heavy atom. The van der Waals surface area contributed by atoms with Crippen LogP contribution >= 0.6 is 0 Å². The summed E-state index contributed by atoms with van der Waals surface area (Å²) in [6, 6.07) is -0.706. The molecule has 106 valence electrons. The molecule has 1 aromatic heterocycles. The fourth-order valence-electron chi connectivity index (χ4n) is 1.71. The maximum absolute atomic E-state index is 11.7. The van der Waals surface area contributed by atoms with E-state index in [2.05, 4.69) is 15.3 Å². The van der Waals surface area contributed by atoms with Crippen LogP contribution in [0.15, 0.2) is 12.5 Å². The molecule has 0 aliphatic rings. The van der Waals surface area contributed by atoms with Gasteiger partial charge in [-0.2, -0.15) is 0 Å². The number of nitrogens with zero attached hydrogens (tertiary/aromatic N) is 1. The highest BCUT2D eigenvalue weighted by molar-refractivity contribution is 5.86. The maximum atomic E-state index is 11.7. The van der Waals surface area contributed by atoms with Gasteiger partial charge >= 0.3 is 0 Å². The lowest BCUT2D eigenvalue weighted by Gasteiger charge is -2.14. The van der Waals surface area contributed by atoms with Crippen molar-refractivity contribution in [1.29, 1.82) is 0 Å². The molecule has 2 amide bonds. The van der Waals surface area contributed by atoms with Gasteiger partial charge in [0.25, 0.3) is 0 Å². The number of hydrogen-bond donors (Lipinski definition) is 4. The molecule has 1 atom stereocenters. The molecule has 0 fully saturated rings. The lowest BCUT2D eigenvalue weighted by Crippen LogP contribution is -2.45. The van der Waals surface area contributed by atoms with Crippen molar-refractivity contribution in [3.8, 4) is 0 Å². The standard InChI is InChI=1S/C12H21N5O2/c13-5-3-1-2-4-11(18)17-10(12(14)19)6-9-7-15-8-16-9/h7-8,10H,1-6,13H2,(H2,14,19)(H,15,16)(H,17,18)/t10-/m0/s1. The summed E-state index contributed by atoms with van der Waals surface area (Å²) in [4.78, 5) is 29.7. The Morgan fingerprint density at radius 3 is 2.74 bits per heavy atom. The number of H-pyrrole nitrogens is 1. The van der Waals surface area contributed by atoms with Gasteiger partial charge < -0.3 is 21.8 Å². The Kier molecular flexibility index (Phi) is 6.59. The van der Waals surface area contributed by atoms with Crippen LogP contribution < -0.4 is 16.8 Å². The van der Waals surface area contributed by atoms with E-state index in [9.17, 15) is 9.59 Å². The largest absolute Gasteiger partial charge is 0.368 e. The summed E-state index contributed by atoms with van der Waals surface area (Å²) in [6.07, 6.45) is 6.40. The number of amides is 2. The van der Waals surface area contributed by atoms with Crippen LogP contribution in [0.2, 0.25) is 0 Å². The number of nitrogens with one attached hydrogen (secondary N) is 2. The van der Waals surface area contributed by atoms with Crippen LogP contribution in [0.5, 0.6) is 0 Å². The van der Waals surface area contributed by atoms with Crippen LogP contribution in [0.1, 0.15) is 31.4 Å². The normalized spacial score (nSPS) is 12.1. The average Bonchev–Trinajstić information content (AvgIpc) is 2.86. The molecule has 0 saturated carbocycles. The van der Waals surface area contributed by atoms with Crippen LogP contribution in [-0.2, 0) is 16.0 Å². The van der Waals surface area contributed by atoms with Crippen LogP contribution in [0, 0.1) is 0 Å². The SMILES string of the molecule is NCCCCCC(=O)N[C@@H](Cc1cnc[nH]1)C(N)=O. The van der Waals surface area contributed by atoms with Crippen molar-refractivity contribution in [3.05, 3.63) is 18.2 Å². The minimum absolute atomic E-state index is 0.166. The molecule has 0 aliphatic carbocycles. The van der Waals surface area contributed by atoms with Gasteiger partial charge in [-0.15, -0.1) is 0 Å². The molecule has 0 spiro atoms. The number of nitrogens with two attached hydrogens (primary N) is 2. The second-order valence-electron chi connectivity index (χ2n) is 4.40. The topological polar surface area (TPSA) is 127 Å². The van der Waals surface area contributed by atoms with Crippen molar-refractivity contribution in [3.63, 3.8) is 0 Å². The molecule has 7 heteroatoms. The summed E-state index contributed by atoms with van der Waals surface area (Å²) in [5, 5.41) is 2.64. The number of aromatic amines is 1. The molecular formula is C12H21N5O2. The van der Waals surface area contributed by atoms with E-state index in [0.29, 0.717) is 19.4 Å². The van der Waals surface area contributed by atoms with Crippen LogP contribution in [0.4, 0.5) is 0 Å². The van der Waals surface area contributed by atoms with E-state index in [1.165, 1.54) is 6.33 Å². The summed E-state index contributed by atoms with van der Waals surface area (Å²) in [5.41, 5.74) is 11.4. The summed E-state index contributed by atoms with van der Waals surface area (Å²) in [6.45, 7) is 0.630. The second kappa shape index (κ2) is 8.25. The van der Waals surface area contributed by atoms with Crippen molar-refractivity contribution in [2.24, 2.45) is 11.5 Å². The highest BCUT2D eigenvalue weighted by Gasteiger charge is 2.18. The minimum atomic E-state index is -0.706. The van der Waals surface area contributed by atoms with E-state index < -0.39 is 11.9 Å². The Labute approximate surface area is 112 Å². The van der Waals surface area contributed by atoms with E-state index >= 15 is 0 Å². The lowest BCUT2D eigenvalue weighted by atomic mass is 10.1. The molecule has 19 heavy (non-hydrogen) atoms. The number of carbonyl (C=O) groups is 2. The van der Waals surface area contributed by atoms with Crippen LogP contribution in [0.3, 0.4) is 0 Å². The Balaban J connectivity index is 2.36. The van der Waals surface area contributed by atoms with Crippen molar-refractivity contribution < 1.29 is 9.59 Å². The van der Waals surface area contributed by atoms with Gasteiger partial charge in [0.1, 0.15) is 6.04 Å². The molecule has 1 heterocycles. The van der Waals surface area contributed by atoms with Gasteiger partial charge in [0.05, 0.1) is 6.33 Å². The first-order valence-electron chi connectivity index (χ1n) is 6.39. The summed E-state index contributed by atoms with van der Waals surface area (Å²) in [5.74, 6) is -0.717. The molecular weight excluding hydrogens is 246 g/mol. The van der Waals surface area contributed by atoms with Gasteiger partial charge in [-0.3, -0.25) is 9.59 Å². The van der Waals surface area contributed by atoms with Gasteiger partial charge in [-0.25, -0.2) is 4.98 Å². The van der Waals surface area contributed by atoms with Crippen LogP contribution in [-0.4, -0.2) is 34.4 Å². The maximum Gasteiger partial charge on any atom is 0.240 e. The first-order chi connectivity index (χ1) is 9.13. The molecule has 0 aliphatic heterocycles. The molecule has 7 nitrogen and oxygen atoms in total. The second-order valence-corrected chi connectivity index (χ2v) is 4.40. The summed E-state index contributed by atoms with van der Waals surface area (Å²) in [7, 11) is 0. The van der Waals surface area contributed by atoms with E-state index in [4.69, 9.17) is 11.5 Å². The van der Waals surface area contributed by atoms with Crippen molar-refractivity contribution in [2.75, 3.05) is 6.54 Å². The third-order valence-corrected chi connectivity index (χ3v) is 2.77. The third-order valence-electron chi connectivity index (χ3n) is 2.77. The quantitative estimate of drug-likeness (QED) is 0.447. The van der Waals surface area contributed by atoms with Crippen molar-refractivity contribution in [2.45, 2.75) is 38.1 Å². The Bertz CT molecular complexity index is 391. The number of aromatic nitrogens is 2. The number of primary amides is 1. The smallest absolute Gasteiger partial charge is 0.240 e. The number of hydrogen-bond acceptors (Lipinski definition) is 4. The van der Waals surface area contributed by atoms with E-state index in [1.807, 2.05) is 0 Å². The molecule has 0 unspecified atom stereocenters. The molecule has 1 aromatic rings. The zero-order chi connectivity index (χ0) is 14.1. The summed E-state index contributed by atoms with van der Waals surface area (Å²) >= 11 is 0. The fourth-order valence-corrected chi connectivity index (χ4v) is 1.71. The van der Waals surface area contributed by atoms with E-state index in [-0.39, 0.29) is 5.91 Å². The van der Waals surface area contributed by atoms with Gasteiger partial charge in [-0.1, -0.05) is 6.42 Å².